The smallest absolute Gasteiger partial charge is 0.171 e. The lowest BCUT2D eigenvalue weighted by molar-refractivity contribution is 0.308. The molecule has 0 radical (unpaired) electrons. The fourth-order valence-corrected chi connectivity index (χ4v) is 2.20. The van der Waals surface area contributed by atoms with E-state index in [4.69, 9.17) is 4.74 Å². The SMILES string of the molecule is CN1CCOc2cc(Cc3ccccc3)cnc21. The van der Waals surface area contributed by atoms with E-state index in [0.717, 1.165) is 31.1 Å². The molecule has 1 aromatic heterocycles. The normalized spacial score (nSPS) is 13.9. The van der Waals surface area contributed by atoms with E-state index in [1.807, 2.05) is 19.3 Å². The summed E-state index contributed by atoms with van der Waals surface area (Å²) in [6, 6.07) is 12.5. The van der Waals surface area contributed by atoms with Gasteiger partial charge in [-0.15, -0.1) is 0 Å². The summed E-state index contributed by atoms with van der Waals surface area (Å²) in [6.45, 7) is 1.64. The Balaban J connectivity index is 1.86. The van der Waals surface area contributed by atoms with Crippen LogP contribution in [-0.2, 0) is 6.42 Å². The van der Waals surface area contributed by atoms with Gasteiger partial charge in [-0.3, -0.25) is 0 Å². The Labute approximate surface area is 107 Å². The third kappa shape index (κ3) is 2.16. The summed E-state index contributed by atoms with van der Waals surface area (Å²) in [5.74, 6) is 1.84. The van der Waals surface area contributed by atoms with Crippen molar-refractivity contribution in [2.24, 2.45) is 0 Å². The summed E-state index contributed by atoms with van der Waals surface area (Å²) in [7, 11) is 2.05. The summed E-state index contributed by atoms with van der Waals surface area (Å²) in [4.78, 5) is 6.63. The van der Waals surface area contributed by atoms with Crippen LogP contribution in [0.25, 0.3) is 0 Å². The minimum absolute atomic E-state index is 0.736. The number of benzene rings is 1. The molecule has 1 aromatic carbocycles. The van der Waals surface area contributed by atoms with Gasteiger partial charge in [0.2, 0.25) is 0 Å². The van der Waals surface area contributed by atoms with Gasteiger partial charge in [-0.2, -0.15) is 0 Å². The zero-order valence-corrected chi connectivity index (χ0v) is 10.5. The van der Waals surface area contributed by atoms with Crippen molar-refractivity contribution in [2.75, 3.05) is 25.1 Å². The molecule has 3 nitrogen and oxygen atoms in total. The van der Waals surface area contributed by atoms with E-state index in [2.05, 4.69) is 40.2 Å². The molecule has 0 spiro atoms. The maximum Gasteiger partial charge on any atom is 0.171 e. The summed E-state index contributed by atoms with van der Waals surface area (Å²) < 4.78 is 5.67. The van der Waals surface area contributed by atoms with Crippen molar-refractivity contribution in [1.82, 2.24) is 4.98 Å². The Bertz CT molecular complexity index is 539. The molecule has 0 bridgehead atoms. The van der Waals surface area contributed by atoms with Gasteiger partial charge in [-0.05, 0) is 23.6 Å². The second-order valence-corrected chi connectivity index (χ2v) is 4.60. The molecule has 0 N–H and O–H groups in total. The quantitative estimate of drug-likeness (QED) is 0.806. The average Bonchev–Trinajstić information content (AvgIpc) is 2.40. The van der Waals surface area contributed by atoms with Crippen molar-refractivity contribution >= 4 is 5.82 Å². The summed E-state index contributed by atoms with van der Waals surface area (Å²) in [6.07, 6.45) is 2.84. The van der Waals surface area contributed by atoms with Crippen LogP contribution in [0.15, 0.2) is 42.6 Å². The van der Waals surface area contributed by atoms with Crippen molar-refractivity contribution in [3.8, 4) is 5.75 Å². The van der Waals surface area contributed by atoms with E-state index in [9.17, 15) is 0 Å². The number of nitrogens with zero attached hydrogens (tertiary/aromatic N) is 2. The van der Waals surface area contributed by atoms with Gasteiger partial charge in [0.1, 0.15) is 6.61 Å². The van der Waals surface area contributed by atoms with Crippen molar-refractivity contribution in [3.05, 3.63) is 53.7 Å². The summed E-state index contributed by atoms with van der Waals surface area (Å²) in [5, 5.41) is 0. The molecule has 0 amide bonds. The van der Waals surface area contributed by atoms with E-state index in [1.54, 1.807) is 0 Å². The van der Waals surface area contributed by atoms with Crippen LogP contribution in [0.2, 0.25) is 0 Å². The van der Waals surface area contributed by atoms with Crippen LogP contribution in [0.3, 0.4) is 0 Å². The third-order valence-corrected chi connectivity index (χ3v) is 3.19. The molecular formula is C15H16N2O. The molecule has 0 unspecified atom stereocenters. The fourth-order valence-electron chi connectivity index (χ4n) is 2.20. The first-order valence-corrected chi connectivity index (χ1v) is 6.20. The maximum absolute atomic E-state index is 5.67. The highest BCUT2D eigenvalue weighted by atomic mass is 16.5. The second kappa shape index (κ2) is 4.69. The van der Waals surface area contributed by atoms with Crippen molar-refractivity contribution in [2.45, 2.75) is 6.42 Å². The van der Waals surface area contributed by atoms with Crippen molar-refractivity contribution in [3.63, 3.8) is 0 Å². The number of rotatable bonds is 2. The predicted octanol–water partition coefficient (Wildman–Crippen LogP) is 2.50. The Kier molecular flexibility index (Phi) is 2.89. The number of anilines is 1. The van der Waals surface area contributed by atoms with Crippen LogP contribution in [0.5, 0.6) is 5.75 Å². The minimum Gasteiger partial charge on any atom is -0.488 e. The lowest BCUT2D eigenvalue weighted by Crippen LogP contribution is -2.29. The molecule has 2 heterocycles. The highest BCUT2D eigenvalue weighted by molar-refractivity contribution is 5.54. The fraction of sp³-hybridized carbons (Fsp3) is 0.267. The molecule has 3 rings (SSSR count). The van der Waals surface area contributed by atoms with Crippen LogP contribution in [0, 0.1) is 0 Å². The van der Waals surface area contributed by atoms with E-state index in [0.29, 0.717) is 0 Å². The molecule has 18 heavy (non-hydrogen) atoms. The largest absolute Gasteiger partial charge is 0.488 e. The highest BCUT2D eigenvalue weighted by Gasteiger charge is 2.16. The Hall–Kier alpha value is -2.03. The molecule has 1 aliphatic heterocycles. The van der Waals surface area contributed by atoms with Crippen LogP contribution >= 0.6 is 0 Å². The maximum atomic E-state index is 5.67. The number of hydrogen-bond acceptors (Lipinski definition) is 3. The van der Waals surface area contributed by atoms with Gasteiger partial charge in [0.15, 0.2) is 11.6 Å². The van der Waals surface area contributed by atoms with E-state index >= 15 is 0 Å². The van der Waals surface area contributed by atoms with Gasteiger partial charge in [0.25, 0.3) is 0 Å². The van der Waals surface area contributed by atoms with Crippen LogP contribution in [0.1, 0.15) is 11.1 Å². The number of likely N-dealkylation sites (N-methyl/N-ethyl adjacent to an activating group) is 1. The van der Waals surface area contributed by atoms with Gasteiger partial charge in [0, 0.05) is 13.2 Å². The standard InChI is InChI=1S/C15H16N2O/c1-17-7-8-18-14-10-13(11-16-15(14)17)9-12-5-3-2-4-6-12/h2-6,10-11H,7-9H2,1H3. The molecule has 0 atom stereocenters. The first-order chi connectivity index (χ1) is 8.83. The van der Waals surface area contributed by atoms with Gasteiger partial charge < -0.3 is 9.64 Å². The summed E-state index contributed by atoms with van der Waals surface area (Å²) in [5.41, 5.74) is 2.48. The lowest BCUT2D eigenvalue weighted by atomic mass is 10.1. The average molecular weight is 240 g/mol. The molecule has 2 aromatic rings. The highest BCUT2D eigenvalue weighted by Crippen LogP contribution is 2.29. The first-order valence-electron chi connectivity index (χ1n) is 6.20. The third-order valence-electron chi connectivity index (χ3n) is 3.19. The van der Waals surface area contributed by atoms with Gasteiger partial charge >= 0.3 is 0 Å². The zero-order chi connectivity index (χ0) is 12.4. The minimum atomic E-state index is 0.736. The van der Waals surface area contributed by atoms with E-state index in [-0.39, 0.29) is 0 Å². The number of hydrogen-bond donors (Lipinski definition) is 0. The lowest BCUT2D eigenvalue weighted by Gasteiger charge is -2.26. The van der Waals surface area contributed by atoms with Gasteiger partial charge in [0.05, 0.1) is 6.54 Å². The van der Waals surface area contributed by atoms with Gasteiger partial charge in [-0.1, -0.05) is 30.3 Å². The molecule has 0 saturated heterocycles. The molecule has 0 aliphatic carbocycles. The number of aromatic nitrogens is 1. The zero-order valence-electron chi connectivity index (χ0n) is 10.5. The molecule has 0 saturated carbocycles. The monoisotopic (exact) mass is 240 g/mol. The Morgan fingerprint density at radius 2 is 2.06 bits per heavy atom. The number of fused-ring (bicyclic) bond motifs is 1. The van der Waals surface area contributed by atoms with Crippen molar-refractivity contribution < 1.29 is 4.74 Å². The molecular weight excluding hydrogens is 224 g/mol. The molecule has 3 heteroatoms. The molecule has 1 aliphatic rings. The second-order valence-electron chi connectivity index (χ2n) is 4.60. The first kappa shape index (κ1) is 11.1. The number of ether oxygens (including phenoxy) is 1. The van der Waals surface area contributed by atoms with Crippen LogP contribution < -0.4 is 9.64 Å². The van der Waals surface area contributed by atoms with Crippen molar-refractivity contribution in [1.29, 1.82) is 0 Å². The van der Waals surface area contributed by atoms with E-state index in [1.165, 1.54) is 11.1 Å². The Morgan fingerprint density at radius 1 is 1.22 bits per heavy atom. The topological polar surface area (TPSA) is 25.4 Å². The van der Waals surface area contributed by atoms with E-state index < -0.39 is 0 Å². The number of pyridine rings is 1. The predicted molar refractivity (Wildman–Crippen MR) is 72.3 cm³/mol. The molecule has 92 valence electrons. The Morgan fingerprint density at radius 3 is 2.89 bits per heavy atom. The van der Waals surface area contributed by atoms with Crippen LogP contribution in [-0.4, -0.2) is 25.2 Å². The summed E-state index contributed by atoms with van der Waals surface area (Å²) >= 11 is 0. The van der Waals surface area contributed by atoms with Crippen LogP contribution in [0.4, 0.5) is 5.82 Å². The molecule has 0 fully saturated rings. The van der Waals surface area contributed by atoms with Gasteiger partial charge in [-0.25, -0.2) is 4.98 Å².